The summed E-state index contributed by atoms with van der Waals surface area (Å²) in [6.07, 6.45) is 1.51. The zero-order chi connectivity index (χ0) is 15.6. The summed E-state index contributed by atoms with van der Waals surface area (Å²) in [4.78, 5) is 8.47. The number of ether oxygens (including phenoxy) is 1. The summed E-state index contributed by atoms with van der Waals surface area (Å²) in [6, 6.07) is 2.99. The Morgan fingerprint density at radius 2 is 1.76 bits per heavy atom. The van der Waals surface area contributed by atoms with Crippen LogP contribution >= 0.6 is 34.8 Å². The van der Waals surface area contributed by atoms with E-state index in [0.717, 1.165) is 0 Å². The van der Waals surface area contributed by atoms with Gasteiger partial charge in [-0.3, -0.25) is 0 Å². The summed E-state index contributed by atoms with van der Waals surface area (Å²) in [5, 5.41) is 10.4. The van der Waals surface area contributed by atoms with Crippen molar-refractivity contribution < 1.29 is 9.84 Å². The third-order valence-electron chi connectivity index (χ3n) is 2.71. The molecule has 1 heterocycles. The van der Waals surface area contributed by atoms with Crippen LogP contribution in [0.1, 0.15) is 31.3 Å². The van der Waals surface area contributed by atoms with E-state index in [0.29, 0.717) is 38.1 Å². The van der Waals surface area contributed by atoms with Crippen LogP contribution in [0.4, 0.5) is 0 Å². The van der Waals surface area contributed by atoms with Gasteiger partial charge >= 0.3 is 0 Å². The summed E-state index contributed by atoms with van der Waals surface area (Å²) in [5.41, 5.74) is 0.385. The fraction of sp³-hybridized carbons (Fsp3) is 0.286. The Hall–Kier alpha value is -1.07. The lowest BCUT2D eigenvalue weighted by atomic mass is 10.2. The molecule has 1 N–H and O–H groups in total. The number of aliphatic hydroxyl groups is 1. The Kier molecular flexibility index (Phi) is 5.27. The van der Waals surface area contributed by atoms with Gasteiger partial charge in [-0.2, -0.15) is 0 Å². The second-order valence-corrected chi connectivity index (χ2v) is 5.87. The Balaban J connectivity index is 2.37. The Bertz CT molecular complexity index is 663. The van der Waals surface area contributed by atoms with Crippen LogP contribution in [0.15, 0.2) is 18.3 Å². The van der Waals surface area contributed by atoms with Crippen molar-refractivity contribution in [3.63, 3.8) is 0 Å². The summed E-state index contributed by atoms with van der Waals surface area (Å²) >= 11 is 17.9. The molecule has 1 aromatic carbocycles. The van der Waals surface area contributed by atoms with Crippen LogP contribution in [0.3, 0.4) is 0 Å². The first-order valence-electron chi connectivity index (χ1n) is 6.21. The molecule has 0 aliphatic carbocycles. The Morgan fingerprint density at radius 1 is 1.10 bits per heavy atom. The summed E-state index contributed by atoms with van der Waals surface area (Å²) in [7, 11) is 0. The highest BCUT2D eigenvalue weighted by molar-refractivity contribution is 6.43. The van der Waals surface area contributed by atoms with Crippen LogP contribution < -0.4 is 4.74 Å². The smallest absolute Gasteiger partial charge is 0.169 e. The molecule has 4 nitrogen and oxygen atoms in total. The van der Waals surface area contributed by atoms with Gasteiger partial charge in [-0.1, -0.05) is 48.7 Å². The van der Waals surface area contributed by atoms with Crippen LogP contribution in [-0.4, -0.2) is 15.1 Å². The molecular weight excluding hydrogens is 335 g/mol. The van der Waals surface area contributed by atoms with E-state index < -0.39 is 0 Å². The number of aliphatic hydroxyl groups excluding tert-OH is 1. The molecule has 1 aromatic heterocycles. The maximum absolute atomic E-state index is 9.42. The fourth-order valence-corrected chi connectivity index (χ4v) is 2.17. The lowest BCUT2D eigenvalue weighted by molar-refractivity contribution is 0.270. The summed E-state index contributed by atoms with van der Waals surface area (Å²) in [5.74, 6) is 1.42. The highest BCUT2D eigenvalue weighted by Crippen LogP contribution is 2.37. The van der Waals surface area contributed by atoms with Crippen molar-refractivity contribution in [2.75, 3.05) is 0 Å². The molecular formula is C14H13Cl3N2O2. The molecule has 112 valence electrons. The number of hydrogen-bond donors (Lipinski definition) is 1. The van der Waals surface area contributed by atoms with Gasteiger partial charge in [0.2, 0.25) is 0 Å². The average Bonchev–Trinajstić information content (AvgIpc) is 2.44. The first-order chi connectivity index (χ1) is 9.92. The highest BCUT2D eigenvalue weighted by Gasteiger charge is 2.14. The molecule has 21 heavy (non-hydrogen) atoms. The van der Waals surface area contributed by atoms with Crippen LogP contribution in [0, 0.1) is 0 Å². The second-order valence-electron chi connectivity index (χ2n) is 4.65. The molecule has 0 spiro atoms. The van der Waals surface area contributed by atoms with Gasteiger partial charge in [0.25, 0.3) is 0 Å². The highest BCUT2D eigenvalue weighted by atomic mass is 35.5. The molecule has 0 bridgehead atoms. The first kappa shape index (κ1) is 16.3. The van der Waals surface area contributed by atoms with Gasteiger partial charge in [0.1, 0.15) is 17.3 Å². The van der Waals surface area contributed by atoms with E-state index in [4.69, 9.17) is 39.5 Å². The number of aromatic nitrogens is 2. The van der Waals surface area contributed by atoms with Gasteiger partial charge in [0.05, 0.1) is 27.9 Å². The third-order valence-corrected chi connectivity index (χ3v) is 3.73. The van der Waals surface area contributed by atoms with Crippen molar-refractivity contribution in [2.45, 2.75) is 26.4 Å². The number of nitrogens with zero attached hydrogens (tertiary/aromatic N) is 2. The molecule has 0 unspecified atom stereocenters. The largest absolute Gasteiger partial charge is 0.452 e. The average molecular weight is 348 g/mol. The Labute approximate surface area is 137 Å². The van der Waals surface area contributed by atoms with Crippen molar-refractivity contribution in [3.8, 4) is 11.5 Å². The number of benzene rings is 1. The summed E-state index contributed by atoms with van der Waals surface area (Å²) < 4.78 is 5.64. The standard InChI is InChI=1S/C14H13Cl3N2O2/c1-7(2)14-18-5-13(11(6-20)19-14)21-12-4-9(16)8(15)3-10(12)17/h3-5,7,20H,6H2,1-2H3. The number of rotatable bonds is 4. The van der Waals surface area contributed by atoms with E-state index in [9.17, 15) is 5.11 Å². The molecule has 0 saturated carbocycles. The van der Waals surface area contributed by atoms with Gasteiger partial charge in [0.15, 0.2) is 5.75 Å². The first-order valence-corrected chi connectivity index (χ1v) is 7.34. The van der Waals surface area contributed by atoms with Gasteiger partial charge in [-0.15, -0.1) is 0 Å². The molecule has 0 fully saturated rings. The molecule has 2 rings (SSSR count). The second kappa shape index (κ2) is 6.79. The topological polar surface area (TPSA) is 55.2 Å². The quantitative estimate of drug-likeness (QED) is 0.804. The van der Waals surface area contributed by atoms with Gasteiger partial charge < -0.3 is 9.84 Å². The summed E-state index contributed by atoms with van der Waals surface area (Å²) in [6.45, 7) is 3.66. The SMILES string of the molecule is CC(C)c1ncc(Oc2cc(Cl)c(Cl)cc2Cl)c(CO)n1. The van der Waals surface area contributed by atoms with E-state index in [1.807, 2.05) is 13.8 Å². The molecule has 0 atom stereocenters. The van der Waals surface area contributed by atoms with Crippen LogP contribution in [0.25, 0.3) is 0 Å². The van der Waals surface area contributed by atoms with Crippen molar-refractivity contribution in [2.24, 2.45) is 0 Å². The van der Waals surface area contributed by atoms with Crippen LogP contribution in [-0.2, 0) is 6.61 Å². The minimum Gasteiger partial charge on any atom is -0.452 e. The maximum Gasteiger partial charge on any atom is 0.169 e. The maximum atomic E-state index is 9.42. The fourth-order valence-electron chi connectivity index (χ4n) is 1.60. The number of halogens is 3. The lowest BCUT2D eigenvalue weighted by Gasteiger charge is -2.13. The minimum absolute atomic E-state index is 0.151. The van der Waals surface area contributed by atoms with Gasteiger partial charge in [-0.25, -0.2) is 9.97 Å². The lowest BCUT2D eigenvalue weighted by Crippen LogP contribution is -2.03. The van der Waals surface area contributed by atoms with E-state index >= 15 is 0 Å². The van der Waals surface area contributed by atoms with Crippen LogP contribution in [0.5, 0.6) is 11.5 Å². The molecule has 0 aliphatic rings. The molecule has 0 amide bonds. The third kappa shape index (κ3) is 3.77. The van der Waals surface area contributed by atoms with Crippen molar-refractivity contribution in [3.05, 3.63) is 44.9 Å². The predicted octanol–water partition coefficient (Wildman–Crippen LogP) is 4.84. The zero-order valence-corrected chi connectivity index (χ0v) is 13.7. The molecule has 7 heteroatoms. The van der Waals surface area contributed by atoms with Crippen molar-refractivity contribution in [1.29, 1.82) is 0 Å². The monoisotopic (exact) mass is 346 g/mol. The molecule has 2 aromatic rings. The number of hydrogen-bond acceptors (Lipinski definition) is 4. The Morgan fingerprint density at radius 3 is 2.38 bits per heavy atom. The molecule has 0 saturated heterocycles. The van der Waals surface area contributed by atoms with Gasteiger partial charge in [-0.05, 0) is 6.07 Å². The normalized spacial score (nSPS) is 11.0. The molecule has 0 aliphatic heterocycles. The zero-order valence-electron chi connectivity index (χ0n) is 11.4. The molecule has 0 radical (unpaired) electrons. The van der Waals surface area contributed by atoms with E-state index in [2.05, 4.69) is 9.97 Å². The predicted molar refractivity (Wildman–Crippen MR) is 83.6 cm³/mol. The van der Waals surface area contributed by atoms with Crippen LogP contribution in [0.2, 0.25) is 15.1 Å². The van der Waals surface area contributed by atoms with Crippen molar-refractivity contribution in [1.82, 2.24) is 9.97 Å². The minimum atomic E-state index is -0.267. The van der Waals surface area contributed by atoms with Crippen molar-refractivity contribution >= 4 is 34.8 Å². The van der Waals surface area contributed by atoms with E-state index in [1.165, 1.54) is 18.3 Å². The van der Waals surface area contributed by atoms with E-state index in [-0.39, 0.29) is 12.5 Å². The van der Waals surface area contributed by atoms with Gasteiger partial charge in [0, 0.05) is 12.0 Å². The van der Waals surface area contributed by atoms with E-state index in [1.54, 1.807) is 0 Å².